The molecule has 128 valence electrons. The summed E-state index contributed by atoms with van der Waals surface area (Å²) < 4.78 is 6.40. The van der Waals surface area contributed by atoms with Gasteiger partial charge in [-0.15, -0.1) is 0 Å². The lowest BCUT2D eigenvalue weighted by Gasteiger charge is -2.38. The Balaban J connectivity index is 2.04. The number of carbonyl (C=O) groups excluding carboxylic acids is 1. The van der Waals surface area contributed by atoms with Gasteiger partial charge < -0.3 is 15.1 Å². The van der Waals surface area contributed by atoms with E-state index in [1.165, 1.54) is 6.20 Å². The van der Waals surface area contributed by atoms with Gasteiger partial charge in [-0.2, -0.15) is 0 Å². The summed E-state index contributed by atoms with van der Waals surface area (Å²) in [7, 11) is -1.83. The highest BCUT2D eigenvalue weighted by atomic mass is 35.5. The maximum atomic E-state index is 12.6. The largest absolute Gasteiger partial charge is 0.412 e. The van der Waals surface area contributed by atoms with E-state index >= 15 is 0 Å². The SMILES string of the molecule is CC(C)(C)[Si](C)(C)OC1CCN(C(=O)c2ncc(Cl)cc2N)C1. The lowest BCUT2D eigenvalue weighted by molar-refractivity contribution is 0.0764. The highest BCUT2D eigenvalue weighted by molar-refractivity contribution is 6.74. The fraction of sp³-hybridized carbons (Fsp3) is 0.625. The summed E-state index contributed by atoms with van der Waals surface area (Å²) >= 11 is 5.84. The summed E-state index contributed by atoms with van der Waals surface area (Å²) in [5, 5.41) is 0.590. The van der Waals surface area contributed by atoms with Crippen LogP contribution in [0.15, 0.2) is 12.3 Å². The Morgan fingerprint density at radius 1 is 1.48 bits per heavy atom. The number of anilines is 1. The number of carbonyl (C=O) groups is 1. The molecule has 1 aliphatic rings. The van der Waals surface area contributed by atoms with E-state index in [1.54, 1.807) is 11.0 Å². The molecule has 0 radical (unpaired) electrons. The van der Waals surface area contributed by atoms with Crippen molar-refractivity contribution < 1.29 is 9.22 Å². The van der Waals surface area contributed by atoms with Crippen LogP contribution in [0.4, 0.5) is 5.69 Å². The lowest BCUT2D eigenvalue weighted by atomic mass is 10.2. The van der Waals surface area contributed by atoms with E-state index in [-0.39, 0.29) is 22.7 Å². The van der Waals surface area contributed by atoms with E-state index in [2.05, 4.69) is 38.8 Å². The minimum Gasteiger partial charge on any atom is -0.412 e. The molecule has 0 aliphatic carbocycles. The summed E-state index contributed by atoms with van der Waals surface area (Å²) in [6.07, 6.45) is 2.39. The van der Waals surface area contributed by atoms with Gasteiger partial charge in [0.1, 0.15) is 0 Å². The molecule has 2 heterocycles. The van der Waals surface area contributed by atoms with Crippen molar-refractivity contribution in [2.24, 2.45) is 0 Å². The Morgan fingerprint density at radius 3 is 2.70 bits per heavy atom. The number of pyridine rings is 1. The van der Waals surface area contributed by atoms with E-state index in [0.29, 0.717) is 23.8 Å². The number of hydrogen-bond acceptors (Lipinski definition) is 4. The van der Waals surface area contributed by atoms with Crippen LogP contribution in [-0.2, 0) is 4.43 Å². The quantitative estimate of drug-likeness (QED) is 0.842. The van der Waals surface area contributed by atoms with Crippen molar-refractivity contribution in [2.45, 2.75) is 51.4 Å². The molecule has 0 bridgehead atoms. The molecule has 1 saturated heterocycles. The Bertz CT molecular complexity index is 601. The number of nitrogens with zero attached hydrogens (tertiary/aromatic N) is 2. The van der Waals surface area contributed by atoms with Gasteiger partial charge in [0.2, 0.25) is 0 Å². The summed E-state index contributed by atoms with van der Waals surface area (Å²) in [6.45, 7) is 12.4. The van der Waals surface area contributed by atoms with Crippen LogP contribution in [0.1, 0.15) is 37.7 Å². The third kappa shape index (κ3) is 4.05. The molecule has 1 atom stereocenters. The first-order valence-electron chi connectivity index (χ1n) is 7.89. The van der Waals surface area contributed by atoms with Crippen LogP contribution in [0.3, 0.4) is 0 Å². The molecule has 5 nitrogen and oxygen atoms in total. The fourth-order valence-corrected chi connectivity index (χ4v) is 3.93. The third-order valence-electron chi connectivity index (χ3n) is 4.79. The number of aromatic nitrogens is 1. The summed E-state index contributed by atoms with van der Waals surface area (Å²) in [5.74, 6) is -0.152. The van der Waals surface area contributed by atoms with Gasteiger partial charge in [-0.1, -0.05) is 32.4 Å². The number of hydrogen-bond donors (Lipinski definition) is 1. The molecule has 23 heavy (non-hydrogen) atoms. The first kappa shape index (κ1) is 18.2. The lowest BCUT2D eigenvalue weighted by Crippen LogP contribution is -2.44. The van der Waals surface area contributed by atoms with Gasteiger partial charge in [0.05, 0.1) is 16.8 Å². The zero-order chi connectivity index (χ0) is 17.4. The van der Waals surface area contributed by atoms with Gasteiger partial charge >= 0.3 is 0 Å². The zero-order valence-electron chi connectivity index (χ0n) is 14.5. The second kappa shape index (κ2) is 6.41. The van der Waals surface area contributed by atoms with Crippen LogP contribution in [0.2, 0.25) is 23.2 Å². The van der Waals surface area contributed by atoms with Gasteiger partial charge in [0.25, 0.3) is 5.91 Å². The molecule has 7 heteroatoms. The molecular weight excluding hydrogens is 330 g/mol. The van der Waals surface area contributed by atoms with Crippen molar-refractivity contribution in [3.8, 4) is 0 Å². The normalized spacial score (nSPS) is 19.2. The smallest absolute Gasteiger partial charge is 0.274 e. The monoisotopic (exact) mass is 355 g/mol. The van der Waals surface area contributed by atoms with Crippen LogP contribution >= 0.6 is 11.6 Å². The molecule has 0 aromatic carbocycles. The minimum atomic E-state index is -1.83. The predicted molar refractivity (Wildman–Crippen MR) is 96.2 cm³/mol. The number of likely N-dealkylation sites (tertiary alicyclic amines) is 1. The number of amides is 1. The fourth-order valence-electron chi connectivity index (χ4n) is 2.39. The second-order valence-corrected chi connectivity index (χ2v) is 12.8. The van der Waals surface area contributed by atoms with E-state index in [4.69, 9.17) is 21.8 Å². The molecular formula is C16H26ClN3O2Si. The number of nitrogens with two attached hydrogens (primary N) is 1. The van der Waals surface area contributed by atoms with Crippen molar-refractivity contribution >= 4 is 31.5 Å². The molecule has 2 N–H and O–H groups in total. The summed E-state index contributed by atoms with van der Waals surface area (Å²) in [5.41, 5.74) is 6.45. The average molecular weight is 356 g/mol. The number of halogens is 1. The standard InChI is InChI=1S/C16H26ClN3O2Si/c1-16(2,3)23(4,5)22-12-6-7-20(10-12)15(21)14-13(18)8-11(17)9-19-14/h8-9,12H,6-7,10,18H2,1-5H3. The van der Waals surface area contributed by atoms with Crippen LogP contribution in [0.5, 0.6) is 0 Å². The Morgan fingerprint density at radius 2 is 2.13 bits per heavy atom. The van der Waals surface area contributed by atoms with Gasteiger partial charge in [-0.05, 0) is 30.6 Å². The average Bonchev–Trinajstić information content (AvgIpc) is 2.84. The Hall–Kier alpha value is -1.11. The highest BCUT2D eigenvalue weighted by Crippen LogP contribution is 2.38. The molecule has 1 aromatic rings. The molecule has 1 unspecified atom stereocenters. The van der Waals surface area contributed by atoms with E-state index in [1.807, 2.05) is 0 Å². The van der Waals surface area contributed by atoms with Crippen molar-refractivity contribution in [3.63, 3.8) is 0 Å². The highest BCUT2D eigenvalue weighted by Gasteiger charge is 2.41. The van der Waals surface area contributed by atoms with Crippen molar-refractivity contribution in [2.75, 3.05) is 18.8 Å². The topological polar surface area (TPSA) is 68.5 Å². The van der Waals surface area contributed by atoms with E-state index in [0.717, 1.165) is 6.42 Å². The maximum absolute atomic E-state index is 12.6. The summed E-state index contributed by atoms with van der Waals surface area (Å²) in [6, 6.07) is 1.56. The summed E-state index contributed by atoms with van der Waals surface area (Å²) in [4.78, 5) is 18.4. The van der Waals surface area contributed by atoms with Gasteiger partial charge in [-0.25, -0.2) is 4.98 Å². The number of rotatable bonds is 3. The molecule has 0 saturated carbocycles. The van der Waals surface area contributed by atoms with E-state index in [9.17, 15) is 4.79 Å². The second-order valence-electron chi connectivity index (χ2n) is 7.63. The van der Waals surface area contributed by atoms with Crippen LogP contribution < -0.4 is 5.73 Å². The van der Waals surface area contributed by atoms with Crippen molar-refractivity contribution in [3.05, 3.63) is 23.0 Å². The van der Waals surface area contributed by atoms with Crippen molar-refractivity contribution in [1.29, 1.82) is 0 Å². The van der Waals surface area contributed by atoms with E-state index < -0.39 is 8.32 Å². The van der Waals surface area contributed by atoms with Gasteiger partial charge in [0, 0.05) is 19.3 Å². The number of nitrogen functional groups attached to an aromatic ring is 1. The van der Waals surface area contributed by atoms with Gasteiger partial charge in [0.15, 0.2) is 14.0 Å². The van der Waals surface area contributed by atoms with Crippen LogP contribution in [0.25, 0.3) is 0 Å². The predicted octanol–water partition coefficient (Wildman–Crippen LogP) is 3.55. The molecule has 0 spiro atoms. The zero-order valence-corrected chi connectivity index (χ0v) is 16.3. The molecule has 1 aromatic heterocycles. The Kier molecular flexibility index (Phi) is 5.08. The maximum Gasteiger partial charge on any atom is 0.274 e. The Labute approximate surface area is 144 Å². The third-order valence-corrected chi connectivity index (χ3v) is 9.53. The first-order valence-corrected chi connectivity index (χ1v) is 11.2. The van der Waals surface area contributed by atoms with Gasteiger partial charge in [-0.3, -0.25) is 4.79 Å². The van der Waals surface area contributed by atoms with Crippen molar-refractivity contribution in [1.82, 2.24) is 9.88 Å². The molecule has 1 aliphatic heterocycles. The molecule has 2 rings (SSSR count). The molecule has 1 amide bonds. The minimum absolute atomic E-state index is 0.0911. The first-order chi connectivity index (χ1) is 10.5. The van der Waals surface area contributed by atoms with Crippen LogP contribution in [-0.4, -0.2) is 43.3 Å². The molecule has 1 fully saturated rings. The van der Waals surface area contributed by atoms with Crippen LogP contribution in [0, 0.1) is 0 Å².